The molecular formula is C17H14O3S. The first kappa shape index (κ1) is 13.8. The minimum absolute atomic E-state index is 0.176. The van der Waals surface area contributed by atoms with Gasteiger partial charge in [-0.15, -0.1) is 0 Å². The van der Waals surface area contributed by atoms with Crippen LogP contribution in [0.4, 0.5) is 0 Å². The standard InChI is InChI=1S/C17H14O3S/c1-11-4-7-14(8-5-11)21(19)16-10-13-6-3-12(2)9-15(13)20-17(16)18/h3-10H,1-2H3/t21-/m0/s1. The first-order valence-electron chi connectivity index (χ1n) is 6.57. The summed E-state index contributed by atoms with van der Waals surface area (Å²) < 4.78 is 17.8. The van der Waals surface area contributed by atoms with E-state index in [1.54, 1.807) is 24.3 Å². The molecule has 3 nitrogen and oxygen atoms in total. The van der Waals surface area contributed by atoms with E-state index in [4.69, 9.17) is 4.42 Å². The maximum absolute atomic E-state index is 12.5. The average Bonchev–Trinajstić information content (AvgIpc) is 2.46. The van der Waals surface area contributed by atoms with Gasteiger partial charge in [-0.3, -0.25) is 0 Å². The number of rotatable bonds is 2. The first-order valence-corrected chi connectivity index (χ1v) is 7.72. The van der Waals surface area contributed by atoms with Crippen LogP contribution >= 0.6 is 0 Å². The van der Waals surface area contributed by atoms with Crippen LogP contribution in [0.3, 0.4) is 0 Å². The first-order chi connectivity index (χ1) is 10.0. The molecule has 0 saturated heterocycles. The number of fused-ring (bicyclic) bond motifs is 1. The second-order valence-electron chi connectivity index (χ2n) is 5.02. The van der Waals surface area contributed by atoms with E-state index in [0.29, 0.717) is 10.5 Å². The predicted molar refractivity (Wildman–Crippen MR) is 83.1 cm³/mol. The Balaban J connectivity index is 2.13. The second-order valence-corrected chi connectivity index (χ2v) is 6.47. The molecule has 0 amide bonds. The smallest absolute Gasteiger partial charge is 0.353 e. The van der Waals surface area contributed by atoms with E-state index in [2.05, 4.69) is 0 Å². The summed E-state index contributed by atoms with van der Waals surface area (Å²) in [6.07, 6.45) is 0. The van der Waals surface area contributed by atoms with E-state index in [0.717, 1.165) is 16.5 Å². The number of aryl methyl sites for hydroxylation is 2. The number of benzene rings is 2. The maximum Gasteiger partial charge on any atom is 0.353 e. The van der Waals surface area contributed by atoms with Crippen LogP contribution in [0.25, 0.3) is 11.0 Å². The van der Waals surface area contributed by atoms with E-state index in [1.807, 2.05) is 38.1 Å². The molecule has 0 radical (unpaired) electrons. The third-order valence-corrected chi connectivity index (χ3v) is 4.68. The Bertz CT molecular complexity index is 892. The summed E-state index contributed by atoms with van der Waals surface area (Å²) >= 11 is 0. The van der Waals surface area contributed by atoms with Crippen LogP contribution in [0.15, 0.2) is 67.5 Å². The lowest BCUT2D eigenvalue weighted by atomic mass is 10.2. The Morgan fingerprint density at radius 2 is 1.57 bits per heavy atom. The summed E-state index contributed by atoms with van der Waals surface area (Å²) in [7, 11) is -1.53. The van der Waals surface area contributed by atoms with Gasteiger partial charge in [-0.2, -0.15) is 0 Å². The molecule has 1 heterocycles. The molecule has 2 aromatic carbocycles. The molecule has 21 heavy (non-hydrogen) atoms. The average molecular weight is 298 g/mol. The van der Waals surface area contributed by atoms with Gasteiger partial charge in [0.1, 0.15) is 10.5 Å². The van der Waals surface area contributed by atoms with Gasteiger partial charge in [0, 0.05) is 10.3 Å². The fraction of sp³-hybridized carbons (Fsp3) is 0.118. The topological polar surface area (TPSA) is 47.3 Å². The Morgan fingerprint density at radius 3 is 2.29 bits per heavy atom. The molecule has 0 spiro atoms. The van der Waals surface area contributed by atoms with Crippen molar-refractivity contribution in [3.05, 3.63) is 70.1 Å². The van der Waals surface area contributed by atoms with E-state index in [1.165, 1.54) is 0 Å². The van der Waals surface area contributed by atoms with Crippen LogP contribution in [0, 0.1) is 13.8 Å². The molecule has 106 valence electrons. The Hall–Kier alpha value is -2.20. The minimum Gasteiger partial charge on any atom is -0.422 e. The van der Waals surface area contributed by atoms with Gasteiger partial charge >= 0.3 is 5.63 Å². The van der Waals surface area contributed by atoms with Gasteiger partial charge in [0.15, 0.2) is 0 Å². The highest BCUT2D eigenvalue weighted by Crippen LogP contribution is 2.20. The number of hydrogen-bond donors (Lipinski definition) is 0. The van der Waals surface area contributed by atoms with Crippen molar-refractivity contribution in [2.24, 2.45) is 0 Å². The molecule has 0 aliphatic rings. The van der Waals surface area contributed by atoms with Gasteiger partial charge in [0.2, 0.25) is 0 Å². The molecule has 0 bridgehead atoms. The van der Waals surface area contributed by atoms with Gasteiger partial charge in [-0.05, 0) is 43.7 Å². The van der Waals surface area contributed by atoms with E-state index < -0.39 is 16.4 Å². The zero-order chi connectivity index (χ0) is 15.0. The summed E-state index contributed by atoms with van der Waals surface area (Å²) in [6, 6.07) is 14.5. The molecule has 0 saturated carbocycles. The third-order valence-electron chi connectivity index (χ3n) is 3.29. The lowest BCUT2D eigenvalue weighted by molar-refractivity contribution is 0.541. The molecule has 0 aliphatic carbocycles. The monoisotopic (exact) mass is 298 g/mol. The fourth-order valence-electron chi connectivity index (χ4n) is 2.12. The van der Waals surface area contributed by atoms with Crippen molar-refractivity contribution in [1.82, 2.24) is 0 Å². The van der Waals surface area contributed by atoms with Crippen molar-refractivity contribution in [3.63, 3.8) is 0 Å². The molecule has 0 N–H and O–H groups in total. The van der Waals surface area contributed by atoms with Gasteiger partial charge < -0.3 is 4.42 Å². The molecular weight excluding hydrogens is 284 g/mol. The van der Waals surface area contributed by atoms with Gasteiger partial charge in [0.25, 0.3) is 0 Å². The van der Waals surface area contributed by atoms with Crippen molar-refractivity contribution in [2.75, 3.05) is 0 Å². The summed E-state index contributed by atoms with van der Waals surface area (Å²) in [4.78, 5) is 12.8. The molecule has 0 fully saturated rings. The molecule has 3 rings (SSSR count). The Labute approximate surface area is 124 Å². The van der Waals surface area contributed by atoms with E-state index in [-0.39, 0.29) is 4.90 Å². The molecule has 3 aromatic rings. The zero-order valence-electron chi connectivity index (χ0n) is 11.8. The summed E-state index contributed by atoms with van der Waals surface area (Å²) in [5, 5.41) is 0.774. The molecule has 0 unspecified atom stereocenters. The van der Waals surface area contributed by atoms with Crippen LogP contribution in [-0.4, -0.2) is 4.21 Å². The number of hydrogen-bond acceptors (Lipinski definition) is 3. The third kappa shape index (κ3) is 2.67. The molecule has 1 atom stereocenters. The normalized spacial score (nSPS) is 12.5. The van der Waals surface area contributed by atoms with Crippen LogP contribution in [0.5, 0.6) is 0 Å². The largest absolute Gasteiger partial charge is 0.422 e. The zero-order valence-corrected chi connectivity index (χ0v) is 12.6. The summed E-state index contributed by atoms with van der Waals surface area (Å²) in [5.74, 6) is 0. The van der Waals surface area contributed by atoms with Gasteiger partial charge in [0.05, 0.1) is 10.8 Å². The molecule has 4 heteroatoms. The molecule has 1 aromatic heterocycles. The van der Waals surface area contributed by atoms with Crippen molar-refractivity contribution in [3.8, 4) is 0 Å². The van der Waals surface area contributed by atoms with Gasteiger partial charge in [-0.25, -0.2) is 9.00 Å². The Kier molecular flexibility index (Phi) is 3.47. The van der Waals surface area contributed by atoms with Crippen molar-refractivity contribution in [1.29, 1.82) is 0 Å². The van der Waals surface area contributed by atoms with E-state index in [9.17, 15) is 9.00 Å². The predicted octanol–water partition coefficient (Wildman–Crippen LogP) is 3.58. The van der Waals surface area contributed by atoms with Crippen molar-refractivity contribution >= 4 is 21.8 Å². The van der Waals surface area contributed by atoms with Gasteiger partial charge in [-0.1, -0.05) is 29.8 Å². The lowest BCUT2D eigenvalue weighted by Gasteiger charge is -2.04. The minimum atomic E-state index is -1.53. The van der Waals surface area contributed by atoms with Crippen LogP contribution < -0.4 is 5.63 Å². The maximum atomic E-state index is 12.5. The fourth-order valence-corrected chi connectivity index (χ4v) is 3.18. The highest BCUT2D eigenvalue weighted by molar-refractivity contribution is 7.85. The second kappa shape index (κ2) is 5.30. The van der Waals surface area contributed by atoms with Crippen LogP contribution in [0.2, 0.25) is 0 Å². The Morgan fingerprint density at radius 1 is 0.905 bits per heavy atom. The highest BCUT2D eigenvalue weighted by Gasteiger charge is 2.14. The van der Waals surface area contributed by atoms with Crippen molar-refractivity contribution < 1.29 is 8.63 Å². The molecule has 0 aliphatic heterocycles. The quantitative estimate of drug-likeness (QED) is 0.679. The highest BCUT2D eigenvalue weighted by atomic mass is 32.2. The summed E-state index contributed by atoms with van der Waals surface area (Å²) in [6.45, 7) is 3.89. The lowest BCUT2D eigenvalue weighted by Crippen LogP contribution is -2.09. The van der Waals surface area contributed by atoms with Crippen molar-refractivity contribution in [2.45, 2.75) is 23.6 Å². The summed E-state index contributed by atoms with van der Waals surface area (Å²) in [5.41, 5.74) is 2.06. The van der Waals surface area contributed by atoms with E-state index >= 15 is 0 Å². The van der Waals surface area contributed by atoms with Crippen LogP contribution in [-0.2, 0) is 10.8 Å². The van der Waals surface area contributed by atoms with Crippen LogP contribution in [0.1, 0.15) is 11.1 Å². The SMILES string of the molecule is Cc1ccc([S@](=O)c2cc3ccc(C)cc3oc2=O)cc1.